The van der Waals surface area contributed by atoms with E-state index in [0.29, 0.717) is 31.0 Å². The van der Waals surface area contributed by atoms with Gasteiger partial charge >= 0.3 is 0 Å². The number of hydrogen-bond acceptors (Lipinski definition) is 7. The molecular weight excluding hydrogens is 437 g/mol. The van der Waals surface area contributed by atoms with Crippen molar-refractivity contribution < 1.29 is 13.9 Å². The van der Waals surface area contributed by atoms with Crippen molar-refractivity contribution in [2.45, 2.75) is 45.4 Å². The van der Waals surface area contributed by atoms with Crippen molar-refractivity contribution in [3.63, 3.8) is 0 Å². The van der Waals surface area contributed by atoms with E-state index < -0.39 is 0 Å². The highest BCUT2D eigenvalue weighted by Crippen LogP contribution is 2.25. The lowest BCUT2D eigenvalue weighted by Gasteiger charge is -2.37. The molecule has 2 atom stereocenters. The Labute approximate surface area is 197 Å². The molecule has 0 radical (unpaired) electrons. The largest absolute Gasteiger partial charge is 0.372 e. The summed E-state index contributed by atoms with van der Waals surface area (Å²) >= 11 is 0. The summed E-state index contributed by atoms with van der Waals surface area (Å²) in [6.07, 6.45) is 3.20. The maximum atomic E-state index is 14.8. The highest BCUT2D eigenvalue weighted by atomic mass is 19.1. The van der Waals surface area contributed by atoms with Crippen molar-refractivity contribution in [1.82, 2.24) is 25.1 Å². The molecule has 2 aromatic heterocycles. The van der Waals surface area contributed by atoms with Gasteiger partial charge in [-0.15, -0.1) is 15.3 Å². The molecule has 0 spiro atoms. The fourth-order valence-electron chi connectivity index (χ4n) is 4.88. The van der Waals surface area contributed by atoms with Gasteiger partial charge in [0, 0.05) is 38.6 Å². The summed E-state index contributed by atoms with van der Waals surface area (Å²) < 4.78 is 22.2. The Bertz CT molecular complexity index is 1150. The van der Waals surface area contributed by atoms with Crippen molar-refractivity contribution >= 4 is 23.1 Å². The minimum Gasteiger partial charge on any atom is -0.372 e. The van der Waals surface area contributed by atoms with E-state index in [2.05, 4.69) is 25.5 Å². The fraction of sp³-hybridized carbons (Fsp3) is 0.500. The van der Waals surface area contributed by atoms with Gasteiger partial charge < -0.3 is 19.9 Å². The number of carbonyl (C=O) groups excluding carboxylic acids is 1. The molecule has 0 aliphatic carbocycles. The zero-order valence-electron chi connectivity index (χ0n) is 19.5. The second-order valence-electron chi connectivity index (χ2n) is 9.25. The number of amides is 1. The Balaban J connectivity index is 1.13. The van der Waals surface area contributed by atoms with Crippen LogP contribution in [0.5, 0.6) is 0 Å². The third-order valence-electron chi connectivity index (χ3n) is 6.58. The second kappa shape index (κ2) is 9.54. The van der Waals surface area contributed by atoms with Crippen LogP contribution in [0.2, 0.25) is 0 Å². The summed E-state index contributed by atoms with van der Waals surface area (Å²) in [5, 5.41) is 15.4. The van der Waals surface area contributed by atoms with E-state index in [1.54, 1.807) is 16.9 Å². The molecule has 2 saturated heterocycles. The number of ether oxygens (including phenoxy) is 1. The number of piperidine rings is 1. The predicted molar refractivity (Wildman–Crippen MR) is 126 cm³/mol. The maximum Gasteiger partial charge on any atom is 0.223 e. The lowest BCUT2D eigenvalue weighted by atomic mass is 9.96. The number of rotatable bonds is 5. The molecule has 2 fully saturated rings. The Morgan fingerprint density at radius 2 is 1.88 bits per heavy atom. The molecule has 3 aromatic rings. The van der Waals surface area contributed by atoms with E-state index >= 15 is 0 Å². The number of morpholine rings is 1. The van der Waals surface area contributed by atoms with Gasteiger partial charge in [0.2, 0.25) is 5.91 Å². The van der Waals surface area contributed by atoms with Gasteiger partial charge in [0.1, 0.15) is 18.0 Å². The quantitative estimate of drug-likeness (QED) is 0.617. The number of hydrogen-bond donors (Lipinski definition) is 1. The summed E-state index contributed by atoms with van der Waals surface area (Å²) in [6, 6.07) is 9.04. The molecule has 2 aliphatic heterocycles. The third kappa shape index (κ3) is 4.82. The lowest BCUT2D eigenvalue weighted by Crippen LogP contribution is -2.45. The van der Waals surface area contributed by atoms with Crippen LogP contribution in [0.3, 0.4) is 0 Å². The average molecular weight is 468 g/mol. The molecule has 1 N–H and O–H groups in total. The summed E-state index contributed by atoms with van der Waals surface area (Å²) in [7, 11) is 0. The number of fused-ring (bicyclic) bond motifs is 1. The molecule has 4 heterocycles. The molecule has 2 unspecified atom stereocenters. The number of carbonyl (C=O) groups is 1. The molecule has 34 heavy (non-hydrogen) atoms. The molecule has 1 aromatic carbocycles. The van der Waals surface area contributed by atoms with Crippen molar-refractivity contribution in [2.24, 2.45) is 5.92 Å². The highest BCUT2D eigenvalue weighted by molar-refractivity contribution is 5.79. The standard InChI is InChI=1S/C24H30FN7O2/c1-16-13-31(14-17(2)34-16)21-4-3-18(11-20(21)25)12-26-24(33)19-7-9-30(10-8-19)23-6-5-22-28-27-15-32(22)29-23/h3-6,11,15-17,19H,7-10,12-14H2,1-2H3,(H,26,33). The van der Waals surface area contributed by atoms with Crippen LogP contribution >= 0.6 is 0 Å². The summed E-state index contributed by atoms with van der Waals surface area (Å²) in [6.45, 7) is 7.15. The lowest BCUT2D eigenvalue weighted by molar-refractivity contribution is -0.125. The molecule has 10 heteroatoms. The van der Waals surface area contributed by atoms with E-state index in [-0.39, 0.29) is 29.9 Å². The molecule has 2 aliphatic rings. The zero-order chi connectivity index (χ0) is 23.7. The molecule has 9 nitrogen and oxygen atoms in total. The predicted octanol–water partition coefficient (Wildman–Crippen LogP) is 2.41. The first-order chi connectivity index (χ1) is 16.5. The smallest absolute Gasteiger partial charge is 0.223 e. The van der Waals surface area contributed by atoms with Crippen LogP contribution in [0.15, 0.2) is 36.7 Å². The SMILES string of the molecule is CC1CN(c2ccc(CNC(=O)C3CCN(c4ccc5nncn5n4)CC3)cc2F)CC(C)O1. The number of anilines is 2. The van der Waals surface area contributed by atoms with E-state index in [0.717, 1.165) is 37.3 Å². The number of nitrogens with zero attached hydrogens (tertiary/aromatic N) is 6. The van der Waals surface area contributed by atoms with Gasteiger partial charge in [-0.2, -0.15) is 4.52 Å². The van der Waals surface area contributed by atoms with E-state index in [1.165, 1.54) is 6.07 Å². The van der Waals surface area contributed by atoms with Gasteiger partial charge in [-0.1, -0.05) is 6.07 Å². The number of nitrogens with one attached hydrogen (secondary N) is 1. The van der Waals surface area contributed by atoms with Crippen LogP contribution in [0.4, 0.5) is 15.9 Å². The van der Waals surface area contributed by atoms with E-state index in [4.69, 9.17) is 4.74 Å². The highest BCUT2D eigenvalue weighted by Gasteiger charge is 2.27. The van der Waals surface area contributed by atoms with Gasteiger partial charge in [0.15, 0.2) is 5.65 Å². The summed E-state index contributed by atoms with van der Waals surface area (Å²) in [5.41, 5.74) is 2.05. The third-order valence-corrected chi connectivity index (χ3v) is 6.58. The fourth-order valence-corrected chi connectivity index (χ4v) is 4.88. The van der Waals surface area contributed by atoms with Crippen molar-refractivity contribution in [3.05, 3.63) is 48.0 Å². The number of halogens is 1. The van der Waals surface area contributed by atoms with Crippen molar-refractivity contribution in [3.8, 4) is 0 Å². The molecular formula is C24H30FN7O2. The second-order valence-corrected chi connectivity index (χ2v) is 9.25. The Morgan fingerprint density at radius 3 is 2.62 bits per heavy atom. The Hall–Kier alpha value is -3.27. The van der Waals surface area contributed by atoms with Gasteiger partial charge in [-0.05, 0) is 56.5 Å². The van der Waals surface area contributed by atoms with Crippen LogP contribution in [0, 0.1) is 11.7 Å². The summed E-state index contributed by atoms with van der Waals surface area (Å²) in [5.74, 6) is 0.544. The van der Waals surface area contributed by atoms with E-state index in [1.807, 2.05) is 36.9 Å². The number of aromatic nitrogens is 4. The molecule has 0 saturated carbocycles. The molecule has 0 bridgehead atoms. The van der Waals surface area contributed by atoms with Gasteiger partial charge in [-0.3, -0.25) is 4.79 Å². The Morgan fingerprint density at radius 1 is 1.12 bits per heavy atom. The van der Waals surface area contributed by atoms with Gasteiger partial charge in [-0.25, -0.2) is 4.39 Å². The summed E-state index contributed by atoms with van der Waals surface area (Å²) in [4.78, 5) is 16.9. The minimum atomic E-state index is -0.265. The average Bonchev–Trinajstić information content (AvgIpc) is 3.30. The normalized spacial score (nSPS) is 21.7. The zero-order valence-corrected chi connectivity index (χ0v) is 19.5. The van der Waals surface area contributed by atoms with Gasteiger partial charge in [0.05, 0.1) is 17.9 Å². The first-order valence-electron chi connectivity index (χ1n) is 11.8. The number of benzene rings is 1. The van der Waals surface area contributed by atoms with Crippen LogP contribution in [-0.4, -0.2) is 64.1 Å². The van der Waals surface area contributed by atoms with Crippen molar-refractivity contribution in [2.75, 3.05) is 36.0 Å². The first kappa shape index (κ1) is 22.5. The first-order valence-corrected chi connectivity index (χ1v) is 11.8. The molecule has 5 rings (SSSR count). The monoisotopic (exact) mass is 467 g/mol. The minimum absolute atomic E-state index is 0.0159. The van der Waals surface area contributed by atoms with Crippen LogP contribution < -0.4 is 15.1 Å². The maximum absolute atomic E-state index is 14.8. The van der Waals surface area contributed by atoms with Crippen LogP contribution in [0.25, 0.3) is 5.65 Å². The van der Waals surface area contributed by atoms with Gasteiger partial charge in [0.25, 0.3) is 0 Å². The van der Waals surface area contributed by atoms with E-state index in [9.17, 15) is 9.18 Å². The molecule has 1 amide bonds. The van der Waals surface area contributed by atoms with Crippen molar-refractivity contribution in [1.29, 1.82) is 0 Å². The molecule has 180 valence electrons. The topological polar surface area (TPSA) is 87.9 Å². The van der Waals surface area contributed by atoms with Crippen LogP contribution in [0.1, 0.15) is 32.3 Å². The van der Waals surface area contributed by atoms with Crippen LogP contribution in [-0.2, 0) is 16.1 Å². The Kier molecular flexibility index (Phi) is 6.32.